The number of thiophene rings is 1. The van der Waals surface area contributed by atoms with Crippen LogP contribution in [-0.2, 0) is 10.0 Å². The van der Waals surface area contributed by atoms with Crippen molar-refractivity contribution in [1.82, 2.24) is 4.72 Å². The van der Waals surface area contributed by atoms with Crippen LogP contribution in [0.25, 0.3) is 0 Å². The molecule has 0 amide bonds. The van der Waals surface area contributed by atoms with Gasteiger partial charge in [0.1, 0.15) is 8.55 Å². The van der Waals surface area contributed by atoms with Crippen molar-refractivity contribution in [3.8, 4) is 0 Å². The Morgan fingerprint density at radius 3 is 2.59 bits per heavy atom. The summed E-state index contributed by atoms with van der Waals surface area (Å²) in [4.78, 5) is 0. The fourth-order valence-electron chi connectivity index (χ4n) is 1.86. The molecular formula is C9H12Cl2N2O2S2. The Morgan fingerprint density at radius 2 is 2.12 bits per heavy atom. The van der Waals surface area contributed by atoms with Gasteiger partial charge in [0.2, 0.25) is 10.0 Å². The average molecular weight is 315 g/mol. The lowest BCUT2D eigenvalue weighted by Crippen LogP contribution is -2.33. The maximum absolute atomic E-state index is 12.0. The number of sulfonamides is 1. The first-order valence-corrected chi connectivity index (χ1v) is 8.17. The first-order valence-electron chi connectivity index (χ1n) is 5.11. The van der Waals surface area contributed by atoms with Crippen molar-refractivity contribution in [2.24, 2.45) is 5.73 Å². The maximum Gasteiger partial charge on any atom is 0.250 e. The second-order valence-electron chi connectivity index (χ2n) is 4.08. The van der Waals surface area contributed by atoms with Gasteiger partial charge < -0.3 is 5.73 Å². The van der Waals surface area contributed by atoms with Gasteiger partial charge in [-0.3, -0.25) is 0 Å². The van der Waals surface area contributed by atoms with E-state index in [0.717, 1.165) is 24.2 Å². The van der Waals surface area contributed by atoms with Crippen molar-refractivity contribution in [3.05, 3.63) is 15.4 Å². The summed E-state index contributed by atoms with van der Waals surface area (Å²) >= 11 is 12.4. The van der Waals surface area contributed by atoms with Crippen LogP contribution in [0.1, 0.15) is 19.3 Å². The van der Waals surface area contributed by atoms with Crippen molar-refractivity contribution >= 4 is 44.6 Å². The topological polar surface area (TPSA) is 72.2 Å². The minimum absolute atomic E-state index is 0.0817. The third kappa shape index (κ3) is 3.13. The van der Waals surface area contributed by atoms with Crippen molar-refractivity contribution < 1.29 is 8.42 Å². The molecule has 1 aromatic heterocycles. The Morgan fingerprint density at radius 1 is 1.41 bits per heavy atom. The Labute approximate surface area is 114 Å². The number of hydrogen-bond acceptors (Lipinski definition) is 4. The third-order valence-corrected chi connectivity index (χ3v) is 6.54. The van der Waals surface area contributed by atoms with E-state index in [1.54, 1.807) is 0 Å². The van der Waals surface area contributed by atoms with Crippen LogP contribution >= 0.6 is 34.5 Å². The molecule has 96 valence electrons. The van der Waals surface area contributed by atoms with E-state index in [1.807, 2.05) is 0 Å². The van der Waals surface area contributed by atoms with Crippen LogP contribution < -0.4 is 10.5 Å². The van der Waals surface area contributed by atoms with E-state index in [-0.39, 0.29) is 25.7 Å². The minimum Gasteiger partial charge on any atom is -0.328 e. The summed E-state index contributed by atoms with van der Waals surface area (Å²) in [6.07, 6.45) is 2.29. The van der Waals surface area contributed by atoms with Crippen LogP contribution in [0.15, 0.2) is 10.3 Å². The highest BCUT2D eigenvalue weighted by Crippen LogP contribution is 2.34. The molecule has 1 aromatic rings. The standard InChI is InChI=1S/C9H12Cl2N2O2S2/c10-7-4-8(16-9(7)11)17(14,15)13-6-2-1-5(12)3-6/h4-6,13H,1-3,12H2/t5-,6-/m0/s1. The zero-order chi connectivity index (χ0) is 12.6. The molecule has 1 aliphatic carbocycles. The van der Waals surface area contributed by atoms with Gasteiger partial charge in [0.05, 0.1) is 5.02 Å². The molecule has 0 unspecified atom stereocenters. The molecule has 0 aliphatic heterocycles. The molecule has 0 spiro atoms. The van der Waals surface area contributed by atoms with Gasteiger partial charge in [-0.2, -0.15) is 0 Å². The zero-order valence-electron chi connectivity index (χ0n) is 8.82. The minimum atomic E-state index is -3.52. The molecule has 3 N–H and O–H groups in total. The predicted octanol–water partition coefficient (Wildman–Crippen LogP) is 2.21. The number of hydrogen-bond donors (Lipinski definition) is 2. The molecule has 17 heavy (non-hydrogen) atoms. The van der Waals surface area contributed by atoms with Gasteiger partial charge in [0, 0.05) is 12.1 Å². The van der Waals surface area contributed by atoms with Gasteiger partial charge in [-0.1, -0.05) is 23.2 Å². The Balaban J connectivity index is 2.14. The van der Waals surface area contributed by atoms with Crippen LogP contribution in [0, 0.1) is 0 Å². The molecule has 8 heteroatoms. The Hall–Kier alpha value is 0.150. The van der Waals surface area contributed by atoms with Crippen molar-refractivity contribution in [1.29, 1.82) is 0 Å². The monoisotopic (exact) mass is 314 g/mol. The Bertz CT molecular complexity index is 496. The third-order valence-electron chi connectivity index (χ3n) is 2.68. The van der Waals surface area contributed by atoms with Gasteiger partial charge in [0.25, 0.3) is 0 Å². The first-order chi connectivity index (χ1) is 7.88. The largest absolute Gasteiger partial charge is 0.328 e. The van der Waals surface area contributed by atoms with E-state index in [0.29, 0.717) is 6.42 Å². The normalized spacial score (nSPS) is 25.4. The van der Waals surface area contributed by atoms with E-state index < -0.39 is 10.0 Å². The SMILES string of the molecule is N[C@H]1CC[C@H](NS(=O)(=O)c2cc(Cl)c(Cl)s2)C1. The molecule has 0 saturated heterocycles. The lowest BCUT2D eigenvalue weighted by Gasteiger charge is -2.11. The van der Waals surface area contributed by atoms with Crippen LogP contribution in [-0.4, -0.2) is 20.5 Å². The van der Waals surface area contributed by atoms with Crippen LogP contribution in [0.2, 0.25) is 9.36 Å². The summed E-state index contributed by atoms with van der Waals surface area (Å²) < 4.78 is 27.1. The quantitative estimate of drug-likeness (QED) is 0.898. The highest BCUT2D eigenvalue weighted by Gasteiger charge is 2.28. The van der Waals surface area contributed by atoms with E-state index in [2.05, 4.69) is 4.72 Å². The molecule has 0 aromatic carbocycles. The summed E-state index contributed by atoms with van der Waals surface area (Å²) in [5, 5.41) is 0.264. The summed E-state index contributed by atoms with van der Waals surface area (Å²) in [5.74, 6) is 0. The van der Waals surface area contributed by atoms with Crippen molar-refractivity contribution in [2.75, 3.05) is 0 Å². The average Bonchev–Trinajstić information content (AvgIpc) is 2.75. The van der Waals surface area contributed by atoms with Gasteiger partial charge in [-0.15, -0.1) is 11.3 Å². The molecule has 2 atom stereocenters. The summed E-state index contributed by atoms with van der Waals surface area (Å²) in [6.45, 7) is 0. The zero-order valence-corrected chi connectivity index (χ0v) is 12.0. The summed E-state index contributed by atoms with van der Waals surface area (Å²) in [6, 6.07) is 1.36. The fraction of sp³-hybridized carbons (Fsp3) is 0.556. The molecule has 0 radical (unpaired) electrons. The lowest BCUT2D eigenvalue weighted by molar-refractivity contribution is 0.550. The molecule has 1 heterocycles. The van der Waals surface area contributed by atoms with Crippen molar-refractivity contribution in [2.45, 2.75) is 35.6 Å². The van der Waals surface area contributed by atoms with Gasteiger partial charge >= 0.3 is 0 Å². The van der Waals surface area contributed by atoms with E-state index in [4.69, 9.17) is 28.9 Å². The number of nitrogens with two attached hydrogens (primary N) is 1. The molecule has 1 fully saturated rings. The fourth-order valence-corrected chi connectivity index (χ4v) is 5.04. The van der Waals surface area contributed by atoms with E-state index in [1.165, 1.54) is 6.07 Å². The van der Waals surface area contributed by atoms with Gasteiger partial charge in [-0.05, 0) is 25.3 Å². The predicted molar refractivity (Wildman–Crippen MR) is 70.3 cm³/mol. The number of halogens is 2. The highest BCUT2D eigenvalue weighted by molar-refractivity contribution is 7.91. The smallest absolute Gasteiger partial charge is 0.250 e. The van der Waals surface area contributed by atoms with E-state index in [9.17, 15) is 8.42 Å². The molecule has 1 saturated carbocycles. The number of nitrogens with one attached hydrogen (secondary N) is 1. The highest BCUT2D eigenvalue weighted by atomic mass is 35.5. The van der Waals surface area contributed by atoms with Crippen LogP contribution in [0.3, 0.4) is 0 Å². The summed E-state index contributed by atoms with van der Waals surface area (Å²) in [7, 11) is -3.52. The number of rotatable bonds is 3. The maximum atomic E-state index is 12.0. The molecule has 4 nitrogen and oxygen atoms in total. The van der Waals surface area contributed by atoms with Crippen molar-refractivity contribution in [3.63, 3.8) is 0 Å². The Kier molecular flexibility index (Phi) is 4.02. The molecule has 2 rings (SSSR count). The van der Waals surface area contributed by atoms with Crippen LogP contribution in [0.5, 0.6) is 0 Å². The summed E-state index contributed by atoms with van der Waals surface area (Å²) in [5.41, 5.74) is 5.74. The molecule has 1 aliphatic rings. The second kappa shape index (κ2) is 5.03. The molecular weight excluding hydrogens is 303 g/mol. The van der Waals surface area contributed by atoms with Gasteiger partial charge in [-0.25, -0.2) is 13.1 Å². The second-order valence-corrected chi connectivity index (χ2v) is 8.08. The first kappa shape index (κ1) is 13.6. The lowest BCUT2D eigenvalue weighted by atomic mass is 10.2. The molecule has 0 bridgehead atoms. The van der Waals surface area contributed by atoms with Gasteiger partial charge in [0.15, 0.2) is 0 Å². The van der Waals surface area contributed by atoms with Crippen LogP contribution in [0.4, 0.5) is 0 Å². The van der Waals surface area contributed by atoms with E-state index >= 15 is 0 Å².